The van der Waals surface area contributed by atoms with Gasteiger partial charge < -0.3 is 19.3 Å². The van der Waals surface area contributed by atoms with Crippen LogP contribution in [0.25, 0.3) is 0 Å². The van der Waals surface area contributed by atoms with Gasteiger partial charge in [-0.2, -0.15) is 0 Å². The average molecular weight is 787 g/mol. The molecule has 8 heteroatoms. The molecule has 0 radical (unpaired) electrons. The number of benzene rings is 2. The molecule has 0 N–H and O–H groups in total. The van der Waals surface area contributed by atoms with Crippen molar-refractivity contribution in [3.05, 3.63) is 67.6 Å². The standard InChI is InChI=1S/C22H35Cl2NO.C21H33Cl2NO/c1-25(2)21(11-8-6-4-5-7-9-16-26-3)22(14-10-15-22)18-12-13-19(23)20(24)17-18;1-6-20(2,3)25-14-7-9-19(24(4)5)21(12-8-13-21)16-10-11-17(22)18(23)15-16/h12-13,17,21H,4-11,14-16H2,1-3H3;10-11,15,19H,6-9,12-14H2,1-5H3. The minimum Gasteiger partial charge on any atom is -0.385 e. The summed E-state index contributed by atoms with van der Waals surface area (Å²) in [4.78, 5) is 4.81. The Kier molecular flexibility index (Phi) is 18.9. The first-order chi connectivity index (χ1) is 24.2. The first kappa shape index (κ1) is 44.8. The summed E-state index contributed by atoms with van der Waals surface area (Å²) < 4.78 is 11.2. The second kappa shape index (κ2) is 21.5. The van der Waals surface area contributed by atoms with E-state index in [0.717, 1.165) is 32.5 Å². The molecule has 0 bridgehead atoms. The number of halogens is 4. The van der Waals surface area contributed by atoms with E-state index >= 15 is 0 Å². The molecule has 2 unspecified atom stereocenters. The molecule has 0 aliphatic heterocycles. The number of likely N-dealkylation sites (N-methyl/N-ethyl adjacent to an activating group) is 2. The second-order valence-corrected chi connectivity index (χ2v) is 17.9. The van der Waals surface area contributed by atoms with E-state index in [2.05, 4.69) is 83.0 Å². The molecule has 2 saturated carbocycles. The van der Waals surface area contributed by atoms with Crippen molar-refractivity contribution in [2.24, 2.45) is 0 Å². The molecule has 0 spiro atoms. The van der Waals surface area contributed by atoms with E-state index in [4.69, 9.17) is 55.9 Å². The molecule has 0 saturated heterocycles. The lowest BCUT2D eigenvalue weighted by Gasteiger charge is -2.51. The van der Waals surface area contributed by atoms with Crippen molar-refractivity contribution in [2.45, 2.75) is 152 Å². The lowest BCUT2D eigenvalue weighted by atomic mass is 9.59. The largest absolute Gasteiger partial charge is 0.385 e. The molecule has 2 aromatic rings. The van der Waals surface area contributed by atoms with Crippen LogP contribution in [0, 0.1) is 0 Å². The van der Waals surface area contributed by atoms with Gasteiger partial charge >= 0.3 is 0 Å². The number of ether oxygens (including phenoxy) is 2. The normalized spacial score (nSPS) is 17.8. The van der Waals surface area contributed by atoms with E-state index in [0.29, 0.717) is 32.2 Å². The van der Waals surface area contributed by atoms with E-state index in [1.165, 1.54) is 94.6 Å². The highest BCUT2D eigenvalue weighted by molar-refractivity contribution is 6.42. The van der Waals surface area contributed by atoms with Gasteiger partial charge in [0.15, 0.2) is 0 Å². The van der Waals surface area contributed by atoms with Gasteiger partial charge in [0.05, 0.1) is 25.7 Å². The van der Waals surface area contributed by atoms with E-state index < -0.39 is 0 Å². The van der Waals surface area contributed by atoms with E-state index in [1.807, 2.05) is 12.1 Å². The third-order valence-electron chi connectivity index (χ3n) is 12.0. The molecule has 2 atom stereocenters. The molecule has 2 fully saturated rings. The smallest absolute Gasteiger partial charge is 0.0623 e. The quantitative estimate of drug-likeness (QED) is 0.118. The van der Waals surface area contributed by atoms with E-state index in [-0.39, 0.29) is 16.4 Å². The average Bonchev–Trinajstić information content (AvgIpc) is 3.04. The van der Waals surface area contributed by atoms with Crippen molar-refractivity contribution < 1.29 is 9.47 Å². The third-order valence-corrected chi connectivity index (χ3v) is 13.5. The third kappa shape index (κ3) is 12.5. The van der Waals surface area contributed by atoms with Crippen molar-refractivity contribution in [3.8, 4) is 0 Å². The summed E-state index contributed by atoms with van der Waals surface area (Å²) in [5.74, 6) is 0. The van der Waals surface area contributed by atoms with Crippen LogP contribution in [0.1, 0.15) is 135 Å². The van der Waals surface area contributed by atoms with Crippen molar-refractivity contribution in [2.75, 3.05) is 48.5 Å². The summed E-state index contributed by atoms with van der Waals surface area (Å²) >= 11 is 24.9. The predicted octanol–water partition coefficient (Wildman–Crippen LogP) is 13.1. The second-order valence-electron chi connectivity index (χ2n) is 16.2. The van der Waals surface area contributed by atoms with Crippen LogP contribution in [0.15, 0.2) is 36.4 Å². The summed E-state index contributed by atoms with van der Waals surface area (Å²) in [6, 6.07) is 13.5. The predicted molar refractivity (Wildman–Crippen MR) is 223 cm³/mol. The van der Waals surface area contributed by atoms with Crippen LogP contribution >= 0.6 is 46.4 Å². The van der Waals surface area contributed by atoms with Crippen molar-refractivity contribution in [1.29, 1.82) is 0 Å². The summed E-state index contributed by atoms with van der Waals surface area (Å²) in [6.45, 7) is 8.23. The Morgan fingerprint density at radius 2 is 1.06 bits per heavy atom. The van der Waals surface area contributed by atoms with E-state index in [1.54, 1.807) is 7.11 Å². The van der Waals surface area contributed by atoms with Gasteiger partial charge in [-0.1, -0.05) is 110 Å². The Morgan fingerprint density at radius 1 is 0.627 bits per heavy atom. The summed E-state index contributed by atoms with van der Waals surface area (Å²) in [5, 5.41) is 2.64. The first-order valence-electron chi connectivity index (χ1n) is 19.6. The summed E-state index contributed by atoms with van der Waals surface area (Å²) in [5.41, 5.74) is 3.12. The van der Waals surface area contributed by atoms with Gasteiger partial charge in [-0.15, -0.1) is 0 Å². The summed E-state index contributed by atoms with van der Waals surface area (Å²) in [6.07, 6.45) is 19.8. The molecule has 0 amide bonds. The van der Waals surface area contributed by atoms with Gasteiger partial charge in [0.2, 0.25) is 0 Å². The van der Waals surface area contributed by atoms with Gasteiger partial charge in [0.1, 0.15) is 0 Å². The summed E-state index contributed by atoms with van der Waals surface area (Å²) in [7, 11) is 10.6. The molecule has 2 aliphatic rings. The zero-order chi connectivity index (χ0) is 37.7. The van der Waals surface area contributed by atoms with Gasteiger partial charge in [-0.25, -0.2) is 0 Å². The molecule has 0 heterocycles. The number of hydrogen-bond donors (Lipinski definition) is 0. The number of hydrogen-bond acceptors (Lipinski definition) is 4. The van der Waals surface area contributed by atoms with Gasteiger partial charge in [-0.05, 0) is 135 Å². The maximum Gasteiger partial charge on any atom is 0.0623 e. The highest BCUT2D eigenvalue weighted by Crippen LogP contribution is 2.51. The Labute approximate surface area is 332 Å². The maximum absolute atomic E-state index is 6.33. The van der Waals surface area contributed by atoms with E-state index in [9.17, 15) is 0 Å². The van der Waals surface area contributed by atoms with Crippen molar-refractivity contribution in [3.63, 3.8) is 0 Å². The molecule has 2 aromatic carbocycles. The number of nitrogens with zero attached hydrogens (tertiary/aromatic N) is 2. The lowest BCUT2D eigenvalue weighted by molar-refractivity contribution is -0.0258. The number of rotatable bonds is 21. The van der Waals surface area contributed by atoms with Crippen molar-refractivity contribution >= 4 is 46.4 Å². The molecular formula is C43H68Cl4N2O2. The molecular weight excluding hydrogens is 718 g/mol. The number of unbranched alkanes of at least 4 members (excludes halogenated alkanes) is 5. The number of methoxy groups -OCH3 is 1. The van der Waals surface area contributed by atoms with Crippen LogP contribution in [-0.2, 0) is 20.3 Å². The Balaban J connectivity index is 0.000000276. The van der Waals surface area contributed by atoms with Crippen LogP contribution in [-0.4, -0.2) is 76.0 Å². The lowest BCUT2D eigenvalue weighted by Crippen LogP contribution is -2.52. The van der Waals surface area contributed by atoms with Crippen LogP contribution in [0.2, 0.25) is 20.1 Å². The Hall–Kier alpha value is -0.560. The highest BCUT2D eigenvalue weighted by atomic mass is 35.5. The fourth-order valence-corrected chi connectivity index (χ4v) is 9.03. The topological polar surface area (TPSA) is 24.9 Å². The molecule has 0 aromatic heterocycles. The minimum absolute atomic E-state index is 0.0223. The molecule has 290 valence electrons. The Morgan fingerprint density at radius 3 is 1.43 bits per heavy atom. The maximum atomic E-state index is 6.33. The fourth-order valence-electron chi connectivity index (χ4n) is 8.43. The minimum atomic E-state index is -0.0223. The zero-order valence-electron chi connectivity index (χ0n) is 33.1. The molecule has 2 aliphatic carbocycles. The van der Waals surface area contributed by atoms with Crippen LogP contribution in [0.3, 0.4) is 0 Å². The van der Waals surface area contributed by atoms with Gasteiger partial charge in [0.25, 0.3) is 0 Å². The highest BCUT2D eigenvalue weighted by Gasteiger charge is 2.47. The molecule has 4 rings (SSSR count). The molecule has 4 nitrogen and oxygen atoms in total. The fraction of sp³-hybridized carbons (Fsp3) is 0.721. The van der Waals surface area contributed by atoms with Crippen LogP contribution in [0.5, 0.6) is 0 Å². The van der Waals surface area contributed by atoms with Gasteiger partial charge in [-0.3, -0.25) is 0 Å². The van der Waals surface area contributed by atoms with Crippen molar-refractivity contribution in [1.82, 2.24) is 9.80 Å². The molecule has 51 heavy (non-hydrogen) atoms. The van der Waals surface area contributed by atoms with Crippen LogP contribution < -0.4 is 0 Å². The van der Waals surface area contributed by atoms with Crippen LogP contribution in [0.4, 0.5) is 0 Å². The monoisotopic (exact) mass is 784 g/mol. The SMILES string of the molecule is CCC(C)(C)OCCCC(N(C)C)C1(c2ccc(Cl)c(Cl)c2)CCC1.COCCCCCCCCC(N(C)C)C1(c2ccc(Cl)c(Cl)c2)CCC1. The zero-order valence-corrected chi connectivity index (χ0v) is 36.1. The first-order valence-corrected chi connectivity index (χ1v) is 21.1. The van der Waals surface area contributed by atoms with Gasteiger partial charge in [0, 0.05) is 43.2 Å². The Bertz CT molecular complexity index is 1310.